The lowest BCUT2D eigenvalue weighted by atomic mass is 9.90. The fraction of sp³-hybridized carbons (Fsp3) is 0.867. The van der Waals surface area contributed by atoms with Crippen molar-refractivity contribution >= 4 is 0 Å². The summed E-state index contributed by atoms with van der Waals surface area (Å²) in [5.41, 5.74) is 0.310. The van der Waals surface area contributed by atoms with Crippen molar-refractivity contribution in [2.24, 2.45) is 18.9 Å². The molecule has 3 aliphatic rings. The van der Waals surface area contributed by atoms with E-state index in [-0.39, 0.29) is 0 Å². The summed E-state index contributed by atoms with van der Waals surface area (Å²) >= 11 is 0. The monoisotopic (exact) mass is 275 g/mol. The van der Waals surface area contributed by atoms with Gasteiger partial charge < -0.3 is 5.32 Å². The lowest BCUT2D eigenvalue weighted by molar-refractivity contribution is 0.0549. The van der Waals surface area contributed by atoms with E-state index in [1.807, 2.05) is 11.7 Å². The van der Waals surface area contributed by atoms with E-state index < -0.39 is 0 Å². The highest BCUT2D eigenvalue weighted by atomic mass is 15.4. The van der Waals surface area contributed by atoms with Crippen LogP contribution in [0.25, 0.3) is 0 Å². The number of nitrogens with one attached hydrogen (secondary N) is 1. The second kappa shape index (κ2) is 4.53. The van der Waals surface area contributed by atoms with Crippen molar-refractivity contribution in [1.29, 1.82) is 0 Å². The molecule has 20 heavy (non-hydrogen) atoms. The molecule has 0 spiro atoms. The maximum Gasteiger partial charge on any atom is 0.140 e. The molecule has 1 aromatic rings. The topological polar surface area (TPSA) is 46.0 Å². The van der Waals surface area contributed by atoms with Crippen LogP contribution in [-0.2, 0) is 13.6 Å². The van der Waals surface area contributed by atoms with Crippen LogP contribution in [-0.4, -0.2) is 44.3 Å². The Hall–Kier alpha value is -0.940. The van der Waals surface area contributed by atoms with Crippen molar-refractivity contribution in [3.8, 4) is 0 Å². The highest BCUT2D eigenvalue weighted by molar-refractivity contribution is 5.07. The van der Waals surface area contributed by atoms with Crippen molar-refractivity contribution in [2.45, 2.75) is 50.7 Å². The summed E-state index contributed by atoms with van der Waals surface area (Å²) in [6, 6.07) is 0.693. The van der Waals surface area contributed by atoms with Gasteiger partial charge in [0.05, 0.1) is 6.54 Å². The fourth-order valence-corrected chi connectivity index (χ4v) is 3.82. The molecule has 1 aliphatic heterocycles. The molecule has 0 bridgehead atoms. The molecule has 0 amide bonds. The maximum atomic E-state index is 4.42. The van der Waals surface area contributed by atoms with E-state index in [0.29, 0.717) is 11.6 Å². The summed E-state index contributed by atoms with van der Waals surface area (Å²) < 4.78 is 1.92. The molecule has 5 heteroatoms. The summed E-state index contributed by atoms with van der Waals surface area (Å²) in [6.45, 7) is 5.67. The smallest absolute Gasteiger partial charge is 0.140 e. The zero-order valence-corrected chi connectivity index (χ0v) is 12.5. The van der Waals surface area contributed by atoms with Crippen LogP contribution >= 0.6 is 0 Å². The highest BCUT2D eigenvalue weighted by Crippen LogP contribution is 2.44. The van der Waals surface area contributed by atoms with Gasteiger partial charge in [0.15, 0.2) is 0 Å². The zero-order valence-electron chi connectivity index (χ0n) is 12.5. The average molecular weight is 275 g/mol. The molecule has 5 nitrogen and oxygen atoms in total. The van der Waals surface area contributed by atoms with E-state index in [1.165, 1.54) is 25.7 Å². The molecule has 3 fully saturated rings. The number of hydrogen-bond acceptors (Lipinski definition) is 4. The maximum absolute atomic E-state index is 4.42. The van der Waals surface area contributed by atoms with Crippen molar-refractivity contribution in [2.75, 3.05) is 13.1 Å². The van der Waals surface area contributed by atoms with Crippen molar-refractivity contribution in [3.05, 3.63) is 12.2 Å². The lowest BCUT2D eigenvalue weighted by Crippen LogP contribution is -2.64. The number of nitrogens with zero attached hydrogens (tertiary/aromatic N) is 4. The van der Waals surface area contributed by atoms with E-state index in [1.54, 1.807) is 6.33 Å². The SMILES string of the molecule is Cn1ncnc1CN1CC(C)(C2CC2)NCC1C1CC1. The second-order valence-corrected chi connectivity index (χ2v) is 7.18. The van der Waals surface area contributed by atoms with E-state index in [2.05, 4.69) is 27.2 Å². The van der Waals surface area contributed by atoms with Gasteiger partial charge in [0.2, 0.25) is 0 Å². The first kappa shape index (κ1) is 12.8. The third-order valence-corrected chi connectivity index (χ3v) is 5.51. The van der Waals surface area contributed by atoms with Crippen molar-refractivity contribution in [1.82, 2.24) is 25.0 Å². The number of aromatic nitrogens is 3. The van der Waals surface area contributed by atoms with E-state index in [4.69, 9.17) is 0 Å². The zero-order chi connectivity index (χ0) is 13.7. The Morgan fingerprint density at radius 1 is 1.35 bits per heavy atom. The van der Waals surface area contributed by atoms with Crippen LogP contribution in [0.4, 0.5) is 0 Å². The van der Waals surface area contributed by atoms with Crippen LogP contribution in [0.3, 0.4) is 0 Å². The van der Waals surface area contributed by atoms with Gasteiger partial charge in [0.25, 0.3) is 0 Å². The molecule has 2 aliphatic carbocycles. The Balaban J connectivity index is 1.53. The van der Waals surface area contributed by atoms with Gasteiger partial charge in [-0.3, -0.25) is 9.58 Å². The Morgan fingerprint density at radius 2 is 2.15 bits per heavy atom. The molecule has 1 N–H and O–H groups in total. The normalized spacial score (nSPS) is 35.4. The Bertz CT molecular complexity index is 490. The number of aryl methyl sites for hydroxylation is 1. The third-order valence-electron chi connectivity index (χ3n) is 5.51. The first-order valence-corrected chi connectivity index (χ1v) is 7.98. The van der Waals surface area contributed by atoms with Crippen LogP contribution in [0.1, 0.15) is 38.4 Å². The lowest BCUT2D eigenvalue weighted by Gasteiger charge is -2.46. The minimum absolute atomic E-state index is 0.310. The van der Waals surface area contributed by atoms with Gasteiger partial charge in [-0.25, -0.2) is 4.98 Å². The summed E-state index contributed by atoms with van der Waals surface area (Å²) in [5, 5.41) is 8.08. The fourth-order valence-electron chi connectivity index (χ4n) is 3.82. The molecule has 2 unspecified atom stereocenters. The third kappa shape index (κ3) is 2.27. The molecule has 4 rings (SSSR count). The van der Waals surface area contributed by atoms with Crippen LogP contribution < -0.4 is 5.32 Å². The Morgan fingerprint density at radius 3 is 2.75 bits per heavy atom. The van der Waals surface area contributed by atoms with Crippen LogP contribution in [0.15, 0.2) is 6.33 Å². The van der Waals surface area contributed by atoms with Crippen molar-refractivity contribution in [3.63, 3.8) is 0 Å². The summed E-state index contributed by atoms with van der Waals surface area (Å²) in [5.74, 6) is 2.87. The van der Waals surface area contributed by atoms with Crippen LogP contribution in [0.5, 0.6) is 0 Å². The molecule has 1 saturated heterocycles. The number of piperazine rings is 1. The predicted molar refractivity (Wildman–Crippen MR) is 77.1 cm³/mol. The molecule has 110 valence electrons. The van der Waals surface area contributed by atoms with Gasteiger partial charge >= 0.3 is 0 Å². The van der Waals surface area contributed by atoms with Gasteiger partial charge in [0, 0.05) is 31.7 Å². The molecule has 0 aromatic carbocycles. The molecule has 2 atom stereocenters. The average Bonchev–Trinajstić information content (AvgIpc) is 3.31. The van der Waals surface area contributed by atoms with Gasteiger partial charge in [-0.05, 0) is 44.4 Å². The van der Waals surface area contributed by atoms with Gasteiger partial charge in [-0.1, -0.05) is 0 Å². The van der Waals surface area contributed by atoms with E-state index in [0.717, 1.165) is 37.3 Å². The highest BCUT2D eigenvalue weighted by Gasteiger charge is 2.48. The first-order chi connectivity index (χ1) is 9.66. The minimum atomic E-state index is 0.310. The summed E-state index contributed by atoms with van der Waals surface area (Å²) in [7, 11) is 2.00. The molecular formula is C15H25N5. The molecule has 2 saturated carbocycles. The van der Waals surface area contributed by atoms with Crippen LogP contribution in [0.2, 0.25) is 0 Å². The largest absolute Gasteiger partial charge is 0.308 e. The Labute approximate surface area is 120 Å². The Kier molecular flexibility index (Phi) is 2.89. The predicted octanol–water partition coefficient (Wildman–Crippen LogP) is 1.17. The van der Waals surface area contributed by atoms with Crippen molar-refractivity contribution < 1.29 is 0 Å². The number of rotatable bonds is 4. The molecule has 0 radical (unpaired) electrons. The molecule has 2 heterocycles. The first-order valence-electron chi connectivity index (χ1n) is 7.98. The van der Waals surface area contributed by atoms with Gasteiger partial charge in [0.1, 0.15) is 12.2 Å². The summed E-state index contributed by atoms with van der Waals surface area (Å²) in [4.78, 5) is 7.10. The molecule has 1 aromatic heterocycles. The molecular weight excluding hydrogens is 250 g/mol. The van der Waals surface area contributed by atoms with E-state index >= 15 is 0 Å². The van der Waals surface area contributed by atoms with Gasteiger partial charge in [-0.15, -0.1) is 0 Å². The standard InChI is InChI=1S/C15H25N5/c1-15(12-5-6-12)9-20(8-14-16-10-18-19(14)2)13(7-17-15)11-3-4-11/h10-13,17H,3-9H2,1-2H3. The second-order valence-electron chi connectivity index (χ2n) is 7.18. The quantitative estimate of drug-likeness (QED) is 0.896. The van der Waals surface area contributed by atoms with Gasteiger partial charge in [-0.2, -0.15) is 5.10 Å². The van der Waals surface area contributed by atoms with E-state index in [9.17, 15) is 0 Å². The number of hydrogen-bond donors (Lipinski definition) is 1. The minimum Gasteiger partial charge on any atom is -0.308 e. The summed E-state index contributed by atoms with van der Waals surface area (Å²) in [6.07, 6.45) is 7.28. The van der Waals surface area contributed by atoms with Crippen LogP contribution in [0, 0.1) is 11.8 Å².